The molecular weight excluding hydrogens is 233 g/mol. The molecule has 1 heterocycles. The minimum atomic E-state index is -4.57. The second-order valence-electron chi connectivity index (χ2n) is 3.00. The number of phosphoric acid groups is 1. The zero-order valence-corrected chi connectivity index (χ0v) is 9.31. The molecule has 0 saturated carbocycles. The SMILES string of the molecule is C#Cc1c(COP(=O)(O)O)cnc(C)c1O. The number of hydrogen-bond donors (Lipinski definition) is 3. The lowest BCUT2D eigenvalue weighted by Crippen LogP contribution is -1.98. The molecule has 0 unspecified atom stereocenters. The summed E-state index contributed by atoms with van der Waals surface area (Å²) >= 11 is 0. The van der Waals surface area contributed by atoms with Crippen molar-refractivity contribution in [3.8, 4) is 18.1 Å². The van der Waals surface area contributed by atoms with E-state index in [1.54, 1.807) is 6.92 Å². The van der Waals surface area contributed by atoms with Gasteiger partial charge >= 0.3 is 7.82 Å². The first-order chi connectivity index (χ1) is 7.35. The Morgan fingerprint density at radius 2 is 2.25 bits per heavy atom. The van der Waals surface area contributed by atoms with Gasteiger partial charge in [-0.25, -0.2) is 4.57 Å². The largest absolute Gasteiger partial charge is 0.505 e. The molecule has 0 atom stereocenters. The smallest absolute Gasteiger partial charge is 0.469 e. The van der Waals surface area contributed by atoms with Crippen LogP contribution in [-0.2, 0) is 15.7 Å². The summed E-state index contributed by atoms with van der Waals surface area (Å²) in [4.78, 5) is 20.9. The summed E-state index contributed by atoms with van der Waals surface area (Å²) < 4.78 is 14.8. The van der Waals surface area contributed by atoms with Crippen LogP contribution in [0.4, 0.5) is 0 Å². The van der Waals surface area contributed by atoms with Crippen LogP contribution in [0.15, 0.2) is 6.20 Å². The summed E-state index contributed by atoms with van der Waals surface area (Å²) in [5.74, 6) is 2.03. The van der Waals surface area contributed by atoms with Gasteiger partial charge in [0.25, 0.3) is 0 Å². The van der Waals surface area contributed by atoms with E-state index < -0.39 is 14.4 Å². The predicted octanol–water partition coefficient (Wildman–Crippen LogP) is 0.686. The highest BCUT2D eigenvalue weighted by atomic mass is 31.2. The first-order valence-electron chi connectivity index (χ1n) is 4.19. The number of aryl methyl sites for hydroxylation is 1. The monoisotopic (exact) mass is 243 g/mol. The molecule has 0 aliphatic rings. The van der Waals surface area contributed by atoms with Crippen LogP contribution in [0.1, 0.15) is 16.8 Å². The van der Waals surface area contributed by atoms with Crippen LogP contribution in [0.25, 0.3) is 0 Å². The average Bonchev–Trinajstić information content (AvgIpc) is 2.18. The Balaban J connectivity index is 3.03. The summed E-state index contributed by atoms with van der Waals surface area (Å²) in [7, 11) is -4.57. The maximum atomic E-state index is 10.5. The number of rotatable bonds is 3. The quantitative estimate of drug-likeness (QED) is 0.533. The van der Waals surface area contributed by atoms with Gasteiger partial charge in [-0.05, 0) is 6.92 Å². The molecule has 1 rings (SSSR count). The maximum Gasteiger partial charge on any atom is 0.469 e. The molecule has 7 heteroatoms. The Hall–Kier alpha value is -1.38. The second-order valence-corrected chi connectivity index (χ2v) is 4.24. The van der Waals surface area contributed by atoms with Gasteiger partial charge in [0, 0.05) is 11.8 Å². The summed E-state index contributed by atoms with van der Waals surface area (Å²) in [6.45, 7) is 1.15. The average molecular weight is 243 g/mol. The highest BCUT2D eigenvalue weighted by molar-refractivity contribution is 7.46. The molecule has 0 amide bonds. The van der Waals surface area contributed by atoms with E-state index in [1.807, 2.05) is 0 Å². The molecule has 6 nitrogen and oxygen atoms in total. The van der Waals surface area contributed by atoms with Crippen LogP contribution in [-0.4, -0.2) is 19.9 Å². The standard InChI is InChI=1S/C9H10NO5P/c1-3-8-7(5-15-16(12,13)14)4-10-6(2)9(8)11/h1,4,11H,5H2,2H3,(H2,12,13,14). The lowest BCUT2D eigenvalue weighted by atomic mass is 10.1. The van der Waals surface area contributed by atoms with Gasteiger partial charge in [-0.3, -0.25) is 9.51 Å². The number of hydrogen-bond acceptors (Lipinski definition) is 4. The highest BCUT2D eigenvalue weighted by Crippen LogP contribution is 2.37. The van der Waals surface area contributed by atoms with Crippen molar-refractivity contribution in [3.05, 3.63) is 23.0 Å². The Labute approximate surface area is 92.2 Å². The Morgan fingerprint density at radius 3 is 2.75 bits per heavy atom. The third-order valence-corrected chi connectivity index (χ3v) is 2.31. The van der Waals surface area contributed by atoms with Gasteiger partial charge < -0.3 is 14.9 Å². The number of pyridine rings is 1. The summed E-state index contributed by atoms with van der Waals surface area (Å²) in [6, 6.07) is 0. The zero-order chi connectivity index (χ0) is 12.3. The molecule has 0 saturated heterocycles. The highest BCUT2D eigenvalue weighted by Gasteiger charge is 2.17. The molecule has 0 bridgehead atoms. The third kappa shape index (κ3) is 3.05. The normalized spacial score (nSPS) is 11.1. The van der Waals surface area contributed by atoms with Crippen molar-refractivity contribution in [3.63, 3.8) is 0 Å². The van der Waals surface area contributed by atoms with Crippen molar-refractivity contribution >= 4 is 7.82 Å². The number of phosphoric ester groups is 1. The fraction of sp³-hybridized carbons (Fsp3) is 0.222. The molecule has 3 N–H and O–H groups in total. The molecule has 0 aliphatic carbocycles. The van der Waals surface area contributed by atoms with Crippen molar-refractivity contribution in [1.82, 2.24) is 4.98 Å². The summed E-state index contributed by atoms with van der Waals surface area (Å²) in [5, 5.41) is 9.55. The number of terminal acetylenes is 1. The van der Waals surface area contributed by atoms with E-state index in [9.17, 15) is 9.67 Å². The maximum absolute atomic E-state index is 10.5. The Kier molecular flexibility index (Phi) is 3.68. The first-order valence-corrected chi connectivity index (χ1v) is 5.72. The van der Waals surface area contributed by atoms with Gasteiger partial charge in [-0.15, -0.1) is 6.42 Å². The molecule has 0 aromatic carbocycles. The van der Waals surface area contributed by atoms with Crippen LogP contribution in [0.2, 0.25) is 0 Å². The van der Waals surface area contributed by atoms with Crippen LogP contribution in [0.3, 0.4) is 0 Å². The van der Waals surface area contributed by atoms with Crippen LogP contribution in [0, 0.1) is 19.3 Å². The van der Waals surface area contributed by atoms with Gasteiger partial charge in [0.2, 0.25) is 0 Å². The van der Waals surface area contributed by atoms with Crippen LogP contribution in [0.5, 0.6) is 5.75 Å². The second kappa shape index (κ2) is 4.64. The van der Waals surface area contributed by atoms with E-state index in [2.05, 4.69) is 15.4 Å². The van der Waals surface area contributed by atoms with Crippen molar-refractivity contribution in [2.24, 2.45) is 0 Å². The van der Waals surface area contributed by atoms with Crippen LogP contribution < -0.4 is 0 Å². The molecule has 1 aromatic heterocycles. The number of nitrogens with zero attached hydrogens (tertiary/aromatic N) is 1. The van der Waals surface area contributed by atoms with E-state index in [0.717, 1.165) is 0 Å². The molecular formula is C9H10NO5P. The van der Waals surface area contributed by atoms with E-state index in [4.69, 9.17) is 16.2 Å². The van der Waals surface area contributed by atoms with Gasteiger partial charge in [0.1, 0.15) is 0 Å². The molecule has 0 spiro atoms. The van der Waals surface area contributed by atoms with E-state index in [0.29, 0.717) is 5.69 Å². The van der Waals surface area contributed by atoms with Gasteiger partial charge in [-0.1, -0.05) is 5.92 Å². The molecule has 16 heavy (non-hydrogen) atoms. The minimum absolute atomic E-state index is 0.126. The summed E-state index contributed by atoms with van der Waals surface area (Å²) in [5.41, 5.74) is 0.711. The van der Waals surface area contributed by atoms with Crippen molar-refractivity contribution in [2.75, 3.05) is 0 Å². The third-order valence-electron chi connectivity index (χ3n) is 1.85. The minimum Gasteiger partial charge on any atom is -0.505 e. The van der Waals surface area contributed by atoms with E-state index in [1.165, 1.54) is 6.20 Å². The molecule has 0 fully saturated rings. The number of aromatic nitrogens is 1. The van der Waals surface area contributed by atoms with Gasteiger partial charge in [0.15, 0.2) is 5.75 Å². The van der Waals surface area contributed by atoms with Crippen molar-refractivity contribution < 1.29 is 24.0 Å². The summed E-state index contributed by atoms with van der Waals surface area (Å²) in [6.07, 6.45) is 6.48. The molecule has 1 aromatic rings. The molecule has 0 radical (unpaired) electrons. The van der Waals surface area contributed by atoms with Gasteiger partial charge in [-0.2, -0.15) is 0 Å². The van der Waals surface area contributed by atoms with E-state index in [-0.39, 0.29) is 16.9 Å². The lowest BCUT2D eigenvalue weighted by molar-refractivity contribution is 0.188. The predicted molar refractivity (Wildman–Crippen MR) is 55.4 cm³/mol. The Morgan fingerprint density at radius 1 is 1.62 bits per heavy atom. The molecule has 0 aliphatic heterocycles. The fourth-order valence-corrected chi connectivity index (χ4v) is 1.36. The molecule has 86 valence electrons. The van der Waals surface area contributed by atoms with Crippen LogP contribution >= 0.6 is 7.82 Å². The first kappa shape index (κ1) is 12.7. The fourth-order valence-electron chi connectivity index (χ4n) is 1.06. The van der Waals surface area contributed by atoms with Gasteiger partial charge in [0.05, 0.1) is 17.9 Å². The van der Waals surface area contributed by atoms with Crippen molar-refractivity contribution in [1.29, 1.82) is 0 Å². The topological polar surface area (TPSA) is 99.9 Å². The van der Waals surface area contributed by atoms with Crippen molar-refractivity contribution in [2.45, 2.75) is 13.5 Å². The number of aromatic hydroxyl groups is 1. The Bertz CT molecular complexity index is 487. The zero-order valence-electron chi connectivity index (χ0n) is 8.41. The van der Waals surface area contributed by atoms with E-state index >= 15 is 0 Å². The lowest BCUT2D eigenvalue weighted by Gasteiger charge is -2.09.